The molecule has 0 amide bonds. The molecule has 0 aromatic carbocycles. The molecule has 0 spiro atoms. The predicted molar refractivity (Wildman–Crippen MR) is 46.0 cm³/mol. The van der Waals surface area contributed by atoms with Crippen molar-refractivity contribution in [1.29, 1.82) is 0 Å². The summed E-state index contributed by atoms with van der Waals surface area (Å²) in [6, 6.07) is 0. The Bertz CT molecular complexity index is 168. The van der Waals surface area contributed by atoms with Crippen LogP contribution in [0.4, 0.5) is 0 Å². The SMILES string of the molecule is NCCCP(=O)(O)CC1CC1. The van der Waals surface area contributed by atoms with Crippen LogP contribution in [-0.2, 0) is 4.57 Å². The predicted octanol–water partition coefficient (Wildman–Crippen LogP) is 1.02. The van der Waals surface area contributed by atoms with Crippen LogP contribution in [0, 0.1) is 5.92 Å². The zero-order valence-corrected chi connectivity index (χ0v) is 7.59. The Morgan fingerprint density at radius 1 is 1.55 bits per heavy atom. The first kappa shape index (κ1) is 9.24. The fraction of sp³-hybridized carbons (Fsp3) is 1.00. The smallest absolute Gasteiger partial charge is 0.200 e. The van der Waals surface area contributed by atoms with Crippen LogP contribution in [0.15, 0.2) is 0 Å². The third kappa shape index (κ3) is 3.90. The molecule has 0 saturated heterocycles. The standard InChI is InChI=1S/C7H16NO2P/c8-4-1-5-11(9,10)6-7-2-3-7/h7H,1-6,8H2,(H,9,10). The molecule has 0 aliphatic heterocycles. The Hall–Kier alpha value is 0.150. The summed E-state index contributed by atoms with van der Waals surface area (Å²) in [6.07, 6.45) is 3.92. The zero-order chi connectivity index (χ0) is 8.32. The van der Waals surface area contributed by atoms with E-state index in [0.29, 0.717) is 31.2 Å². The van der Waals surface area contributed by atoms with Gasteiger partial charge in [0.15, 0.2) is 0 Å². The maximum absolute atomic E-state index is 11.3. The van der Waals surface area contributed by atoms with E-state index in [9.17, 15) is 9.46 Å². The van der Waals surface area contributed by atoms with Crippen molar-refractivity contribution in [2.45, 2.75) is 19.3 Å². The second-order valence-electron chi connectivity index (χ2n) is 3.34. The molecule has 1 aliphatic carbocycles. The number of rotatable bonds is 5. The van der Waals surface area contributed by atoms with Crippen molar-refractivity contribution in [3.8, 4) is 0 Å². The van der Waals surface area contributed by atoms with Gasteiger partial charge >= 0.3 is 0 Å². The Kier molecular flexibility index (Phi) is 3.11. The van der Waals surface area contributed by atoms with Crippen molar-refractivity contribution in [1.82, 2.24) is 0 Å². The molecule has 66 valence electrons. The van der Waals surface area contributed by atoms with Crippen molar-refractivity contribution in [3.05, 3.63) is 0 Å². The number of hydrogen-bond donors (Lipinski definition) is 2. The van der Waals surface area contributed by atoms with Crippen LogP contribution in [0.2, 0.25) is 0 Å². The number of hydrogen-bond acceptors (Lipinski definition) is 2. The molecule has 1 saturated carbocycles. The first-order chi connectivity index (χ1) is 5.14. The normalized spacial score (nSPS) is 23.1. The summed E-state index contributed by atoms with van der Waals surface area (Å²) in [7, 11) is -2.78. The highest BCUT2D eigenvalue weighted by Crippen LogP contribution is 2.48. The molecule has 1 atom stereocenters. The molecule has 0 aromatic rings. The maximum atomic E-state index is 11.3. The Morgan fingerprint density at radius 2 is 2.18 bits per heavy atom. The summed E-state index contributed by atoms with van der Waals surface area (Å²) in [4.78, 5) is 9.36. The molecular weight excluding hydrogens is 161 g/mol. The van der Waals surface area contributed by atoms with Crippen molar-refractivity contribution >= 4 is 7.37 Å². The summed E-state index contributed by atoms with van der Waals surface area (Å²) in [5, 5.41) is 0. The van der Waals surface area contributed by atoms with Gasteiger partial charge in [-0.15, -0.1) is 0 Å². The maximum Gasteiger partial charge on any atom is 0.200 e. The van der Waals surface area contributed by atoms with E-state index in [-0.39, 0.29) is 0 Å². The minimum Gasteiger partial charge on any atom is -0.344 e. The third-order valence-corrected chi connectivity index (χ3v) is 4.05. The highest BCUT2D eigenvalue weighted by atomic mass is 31.2. The summed E-state index contributed by atoms with van der Waals surface area (Å²) >= 11 is 0. The topological polar surface area (TPSA) is 63.3 Å². The molecule has 0 radical (unpaired) electrons. The highest BCUT2D eigenvalue weighted by Gasteiger charge is 2.30. The molecule has 0 aromatic heterocycles. The van der Waals surface area contributed by atoms with Crippen LogP contribution in [0.5, 0.6) is 0 Å². The summed E-state index contributed by atoms with van der Waals surface area (Å²) < 4.78 is 11.3. The summed E-state index contributed by atoms with van der Waals surface area (Å²) in [6.45, 7) is 0.523. The average Bonchev–Trinajstić information content (AvgIpc) is 2.67. The first-order valence-electron chi connectivity index (χ1n) is 4.15. The highest BCUT2D eigenvalue weighted by molar-refractivity contribution is 7.58. The molecule has 1 fully saturated rings. The van der Waals surface area contributed by atoms with Crippen LogP contribution >= 0.6 is 7.37 Å². The van der Waals surface area contributed by atoms with Crippen LogP contribution in [0.1, 0.15) is 19.3 Å². The fourth-order valence-corrected chi connectivity index (χ4v) is 3.16. The monoisotopic (exact) mass is 177 g/mol. The second-order valence-corrected chi connectivity index (χ2v) is 5.84. The van der Waals surface area contributed by atoms with Crippen LogP contribution in [0.3, 0.4) is 0 Å². The van der Waals surface area contributed by atoms with E-state index in [1.54, 1.807) is 0 Å². The molecule has 3 nitrogen and oxygen atoms in total. The largest absolute Gasteiger partial charge is 0.344 e. The van der Waals surface area contributed by atoms with Gasteiger partial charge in [-0.05, 0) is 31.7 Å². The molecule has 1 unspecified atom stereocenters. The minimum atomic E-state index is -2.78. The van der Waals surface area contributed by atoms with Crippen molar-refractivity contribution in [2.24, 2.45) is 11.7 Å². The Morgan fingerprint density at radius 3 is 2.64 bits per heavy atom. The van der Waals surface area contributed by atoms with Gasteiger partial charge in [-0.3, -0.25) is 4.57 Å². The molecular formula is C7H16NO2P. The Labute approximate surface area is 67.4 Å². The van der Waals surface area contributed by atoms with Gasteiger partial charge in [0.1, 0.15) is 0 Å². The summed E-state index contributed by atoms with van der Waals surface area (Å²) in [5.74, 6) is 0.545. The van der Waals surface area contributed by atoms with Gasteiger partial charge in [0, 0.05) is 12.3 Å². The quantitative estimate of drug-likeness (QED) is 0.616. The van der Waals surface area contributed by atoms with Gasteiger partial charge in [-0.25, -0.2) is 0 Å². The van der Waals surface area contributed by atoms with E-state index >= 15 is 0 Å². The second kappa shape index (κ2) is 3.70. The van der Waals surface area contributed by atoms with Crippen LogP contribution in [-0.4, -0.2) is 23.8 Å². The van der Waals surface area contributed by atoms with E-state index in [1.807, 2.05) is 0 Å². The number of nitrogens with two attached hydrogens (primary N) is 1. The lowest BCUT2D eigenvalue weighted by molar-refractivity contribution is 0.473. The molecule has 0 bridgehead atoms. The molecule has 1 rings (SSSR count). The molecule has 0 heterocycles. The van der Waals surface area contributed by atoms with Gasteiger partial charge in [0.05, 0.1) is 0 Å². The third-order valence-electron chi connectivity index (χ3n) is 1.95. The first-order valence-corrected chi connectivity index (χ1v) is 6.18. The van der Waals surface area contributed by atoms with E-state index < -0.39 is 7.37 Å². The van der Waals surface area contributed by atoms with E-state index in [2.05, 4.69) is 0 Å². The van der Waals surface area contributed by atoms with Gasteiger partial charge in [-0.1, -0.05) is 0 Å². The molecule has 1 aliphatic rings. The van der Waals surface area contributed by atoms with Crippen LogP contribution < -0.4 is 5.73 Å². The van der Waals surface area contributed by atoms with Gasteiger partial charge < -0.3 is 10.6 Å². The minimum absolute atomic E-state index is 0.417. The lowest BCUT2D eigenvalue weighted by Crippen LogP contribution is -2.04. The average molecular weight is 177 g/mol. The zero-order valence-electron chi connectivity index (χ0n) is 6.70. The fourth-order valence-electron chi connectivity index (χ4n) is 1.13. The molecule has 3 N–H and O–H groups in total. The summed E-state index contributed by atoms with van der Waals surface area (Å²) in [5.41, 5.74) is 5.25. The van der Waals surface area contributed by atoms with Gasteiger partial charge in [0.25, 0.3) is 0 Å². The lowest BCUT2D eigenvalue weighted by atomic mass is 10.5. The van der Waals surface area contributed by atoms with E-state index in [1.165, 1.54) is 0 Å². The van der Waals surface area contributed by atoms with Crippen molar-refractivity contribution in [2.75, 3.05) is 18.9 Å². The lowest BCUT2D eigenvalue weighted by Gasteiger charge is -2.08. The molecule has 4 heteroatoms. The van der Waals surface area contributed by atoms with E-state index in [0.717, 1.165) is 12.8 Å². The van der Waals surface area contributed by atoms with Gasteiger partial charge in [0.2, 0.25) is 7.37 Å². The van der Waals surface area contributed by atoms with E-state index in [4.69, 9.17) is 5.73 Å². The Balaban J connectivity index is 2.20. The van der Waals surface area contributed by atoms with Crippen molar-refractivity contribution < 1.29 is 9.46 Å². The van der Waals surface area contributed by atoms with Gasteiger partial charge in [-0.2, -0.15) is 0 Å². The van der Waals surface area contributed by atoms with Crippen LogP contribution in [0.25, 0.3) is 0 Å². The van der Waals surface area contributed by atoms with Crippen molar-refractivity contribution in [3.63, 3.8) is 0 Å². The molecule has 11 heavy (non-hydrogen) atoms.